The molecule has 1 aromatic heterocycles. The maximum Gasteiger partial charge on any atom is 0.447 e. The summed E-state index contributed by atoms with van der Waals surface area (Å²) in [5.74, 6) is -0.523. The highest BCUT2D eigenvalue weighted by Crippen LogP contribution is 2.37. The van der Waals surface area contributed by atoms with E-state index in [4.69, 9.17) is 0 Å². The van der Waals surface area contributed by atoms with Crippen molar-refractivity contribution in [1.29, 1.82) is 0 Å². The van der Waals surface area contributed by atoms with E-state index in [0.29, 0.717) is 6.54 Å². The number of pyridine rings is 1. The van der Waals surface area contributed by atoms with Crippen molar-refractivity contribution >= 4 is 17.7 Å². The minimum absolute atomic E-state index is 0.0444. The van der Waals surface area contributed by atoms with Crippen LogP contribution in [0.3, 0.4) is 0 Å². The number of nitrogens with zero attached hydrogens (tertiary/aromatic N) is 2. The topological polar surface area (TPSA) is 57.3 Å². The molecule has 2 heterocycles. The van der Waals surface area contributed by atoms with Gasteiger partial charge in [-0.1, -0.05) is 0 Å². The largest absolute Gasteiger partial charge is 0.447 e. The van der Waals surface area contributed by atoms with Gasteiger partial charge >= 0.3 is 5.51 Å². The first kappa shape index (κ1) is 18.0. The lowest BCUT2D eigenvalue weighted by Crippen LogP contribution is -2.44. The van der Waals surface area contributed by atoms with Crippen molar-refractivity contribution in [3.05, 3.63) is 23.9 Å². The highest BCUT2D eigenvalue weighted by molar-refractivity contribution is 8.00. The highest BCUT2D eigenvalue weighted by Gasteiger charge is 2.32. The Balaban J connectivity index is 1.81. The molecule has 23 heavy (non-hydrogen) atoms. The van der Waals surface area contributed by atoms with Gasteiger partial charge in [0.25, 0.3) is 5.91 Å². The summed E-state index contributed by atoms with van der Waals surface area (Å²) in [6.07, 6.45) is 2.00. The van der Waals surface area contributed by atoms with Gasteiger partial charge in [-0.25, -0.2) is 4.98 Å². The van der Waals surface area contributed by atoms with Gasteiger partial charge in [-0.05, 0) is 25.1 Å². The number of hydrogen-bond donors (Lipinski definition) is 2. The van der Waals surface area contributed by atoms with Crippen LogP contribution < -0.4 is 10.6 Å². The maximum atomic E-state index is 12.5. The summed E-state index contributed by atoms with van der Waals surface area (Å²) in [5.41, 5.74) is -4.51. The fourth-order valence-corrected chi connectivity index (χ4v) is 2.89. The van der Waals surface area contributed by atoms with E-state index in [-0.39, 0.29) is 22.4 Å². The molecule has 0 radical (unpaired) electrons. The van der Waals surface area contributed by atoms with Gasteiger partial charge in [-0.2, -0.15) is 13.2 Å². The van der Waals surface area contributed by atoms with Crippen molar-refractivity contribution in [2.24, 2.45) is 0 Å². The normalized spacial score (nSPS) is 16.3. The van der Waals surface area contributed by atoms with Gasteiger partial charge in [-0.3, -0.25) is 4.79 Å². The summed E-state index contributed by atoms with van der Waals surface area (Å²) in [5, 5.41) is 5.60. The molecule has 5 nitrogen and oxygen atoms in total. The van der Waals surface area contributed by atoms with E-state index in [9.17, 15) is 18.0 Å². The zero-order valence-electron chi connectivity index (χ0n) is 12.5. The molecule has 0 atom stereocenters. The first-order valence-electron chi connectivity index (χ1n) is 7.38. The lowest BCUT2D eigenvalue weighted by molar-refractivity contribution is -0.0329. The van der Waals surface area contributed by atoms with E-state index < -0.39 is 11.4 Å². The molecule has 0 aromatic carbocycles. The zero-order chi connectivity index (χ0) is 16.7. The van der Waals surface area contributed by atoms with Crippen molar-refractivity contribution in [2.75, 3.05) is 39.3 Å². The summed E-state index contributed by atoms with van der Waals surface area (Å²) in [7, 11) is 0. The predicted molar refractivity (Wildman–Crippen MR) is 82.4 cm³/mol. The van der Waals surface area contributed by atoms with E-state index in [2.05, 4.69) is 20.5 Å². The molecule has 0 spiro atoms. The zero-order valence-corrected chi connectivity index (χ0v) is 13.3. The quantitative estimate of drug-likeness (QED) is 0.606. The minimum Gasteiger partial charge on any atom is -0.352 e. The Kier molecular flexibility index (Phi) is 6.67. The summed E-state index contributed by atoms with van der Waals surface area (Å²) < 4.78 is 37.4. The molecule has 1 saturated heterocycles. The fourth-order valence-electron chi connectivity index (χ4n) is 2.29. The molecular weight excluding hydrogens is 329 g/mol. The van der Waals surface area contributed by atoms with Crippen LogP contribution in [0.2, 0.25) is 0 Å². The number of alkyl halides is 3. The van der Waals surface area contributed by atoms with Crippen LogP contribution in [0.5, 0.6) is 0 Å². The summed E-state index contributed by atoms with van der Waals surface area (Å²) >= 11 is -0.369. The SMILES string of the molecule is O=C(NCCCN1CCNCC1)c1cccnc1SC(F)(F)F. The third-order valence-electron chi connectivity index (χ3n) is 3.37. The monoisotopic (exact) mass is 348 g/mol. The number of hydrogen-bond acceptors (Lipinski definition) is 5. The molecule has 2 N–H and O–H groups in total. The number of piperazine rings is 1. The standard InChI is InChI=1S/C14H19F3N4OS/c15-14(16,17)23-13-11(3-1-4-20-13)12(22)19-5-2-8-21-9-6-18-7-10-21/h1,3-4,18H,2,5-10H2,(H,19,22). The number of carbonyl (C=O) groups excluding carboxylic acids is 1. The maximum absolute atomic E-state index is 12.5. The summed E-state index contributed by atoms with van der Waals surface area (Å²) in [6, 6.07) is 2.81. The third kappa shape index (κ3) is 6.36. The predicted octanol–water partition coefficient (Wildman–Crippen LogP) is 1.72. The Morgan fingerprint density at radius 3 is 2.83 bits per heavy atom. The molecule has 1 fully saturated rings. The van der Waals surface area contributed by atoms with E-state index in [1.54, 1.807) is 0 Å². The van der Waals surface area contributed by atoms with Gasteiger partial charge in [0.1, 0.15) is 5.03 Å². The van der Waals surface area contributed by atoms with Crippen molar-refractivity contribution < 1.29 is 18.0 Å². The molecule has 1 amide bonds. The fraction of sp³-hybridized carbons (Fsp3) is 0.571. The Bertz CT molecular complexity index is 521. The van der Waals surface area contributed by atoms with Crippen LogP contribution in [0.4, 0.5) is 13.2 Å². The van der Waals surface area contributed by atoms with Gasteiger partial charge in [0.05, 0.1) is 5.56 Å². The number of rotatable bonds is 6. The molecule has 0 aliphatic carbocycles. The Morgan fingerprint density at radius 1 is 1.39 bits per heavy atom. The highest BCUT2D eigenvalue weighted by atomic mass is 32.2. The van der Waals surface area contributed by atoms with E-state index >= 15 is 0 Å². The smallest absolute Gasteiger partial charge is 0.352 e. The van der Waals surface area contributed by atoms with E-state index in [1.165, 1.54) is 18.3 Å². The van der Waals surface area contributed by atoms with Gasteiger partial charge in [0.15, 0.2) is 0 Å². The number of nitrogens with one attached hydrogen (secondary N) is 2. The Hall–Kier alpha value is -1.32. The Labute approximate surface area is 137 Å². The molecule has 0 unspecified atom stereocenters. The molecular formula is C14H19F3N4OS. The molecule has 128 valence electrons. The summed E-state index contributed by atoms with van der Waals surface area (Å²) in [6.45, 7) is 5.15. The number of aromatic nitrogens is 1. The number of thioether (sulfide) groups is 1. The lowest BCUT2D eigenvalue weighted by atomic mass is 10.2. The van der Waals surface area contributed by atoms with Crippen LogP contribution in [0.1, 0.15) is 16.8 Å². The van der Waals surface area contributed by atoms with Crippen LogP contribution in [0, 0.1) is 0 Å². The first-order chi connectivity index (χ1) is 11.0. The number of carbonyl (C=O) groups is 1. The average molecular weight is 348 g/mol. The molecule has 0 saturated carbocycles. The third-order valence-corrected chi connectivity index (χ3v) is 4.12. The second kappa shape index (κ2) is 8.51. The van der Waals surface area contributed by atoms with Crippen molar-refractivity contribution in [1.82, 2.24) is 20.5 Å². The van der Waals surface area contributed by atoms with Gasteiger partial charge in [-0.15, -0.1) is 0 Å². The average Bonchev–Trinajstić information content (AvgIpc) is 2.51. The second-order valence-electron chi connectivity index (χ2n) is 5.11. The minimum atomic E-state index is -4.47. The van der Waals surface area contributed by atoms with Gasteiger partial charge in [0.2, 0.25) is 0 Å². The second-order valence-corrected chi connectivity index (χ2v) is 6.16. The molecule has 1 aliphatic rings. The van der Waals surface area contributed by atoms with Crippen molar-refractivity contribution in [2.45, 2.75) is 17.0 Å². The molecule has 9 heteroatoms. The van der Waals surface area contributed by atoms with Crippen molar-refractivity contribution in [3.63, 3.8) is 0 Å². The number of halogens is 3. The van der Waals surface area contributed by atoms with Crippen LogP contribution in [-0.2, 0) is 0 Å². The van der Waals surface area contributed by atoms with Crippen LogP contribution >= 0.6 is 11.8 Å². The summed E-state index contributed by atoms with van der Waals surface area (Å²) in [4.78, 5) is 18.0. The molecule has 1 aliphatic heterocycles. The van der Waals surface area contributed by atoms with E-state index in [1.807, 2.05) is 0 Å². The van der Waals surface area contributed by atoms with Crippen LogP contribution in [0.15, 0.2) is 23.4 Å². The first-order valence-corrected chi connectivity index (χ1v) is 8.19. The van der Waals surface area contributed by atoms with Crippen LogP contribution in [-0.4, -0.2) is 60.6 Å². The van der Waals surface area contributed by atoms with Crippen molar-refractivity contribution in [3.8, 4) is 0 Å². The van der Waals surface area contributed by atoms with E-state index in [0.717, 1.165) is 39.1 Å². The Morgan fingerprint density at radius 2 is 2.13 bits per heavy atom. The molecule has 1 aromatic rings. The lowest BCUT2D eigenvalue weighted by Gasteiger charge is -2.27. The van der Waals surface area contributed by atoms with Gasteiger partial charge in [0, 0.05) is 50.7 Å². The number of amides is 1. The molecule has 0 bridgehead atoms. The molecule has 2 rings (SSSR count). The van der Waals surface area contributed by atoms with Gasteiger partial charge < -0.3 is 15.5 Å². The van der Waals surface area contributed by atoms with Crippen LogP contribution in [0.25, 0.3) is 0 Å².